The van der Waals surface area contributed by atoms with E-state index in [0.717, 1.165) is 16.8 Å². The molecule has 3 rings (SSSR count). The SMILES string of the molecule is COc1ccc(F)cc1C(=O)COC(=O)c1ccccc1OCc1csc(C)n1. The summed E-state index contributed by atoms with van der Waals surface area (Å²) in [6.07, 6.45) is 0. The van der Waals surface area contributed by atoms with E-state index >= 15 is 0 Å². The molecule has 0 aliphatic carbocycles. The van der Waals surface area contributed by atoms with E-state index in [1.165, 1.54) is 36.6 Å². The Morgan fingerprint density at radius 1 is 1.10 bits per heavy atom. The normalized spacial score (nSPS) is 10.4. The molecule has 0 N–H and O–H groups in total. The molecule has 3 aromatic rings. The van der Waals surface area contributed by atoms with Gasteiger partial charge in [-0.05, 0) is 37.3 Å². The number of nitrogens with zero attached hydrogens (tertiary/aromatic N) is 1. The first-order valence-corrected chi connectivity index (χ1v) is 9.52. The number of aromatic nitrogens is 1. The summed E-state index contributed by atoms with van der Waals surface area (Å²) in [6, 6.07) is 10.1. The molecule has 0 saturated heterocycles. The number of rotatable bonds is 8. The number of benzene rings is 2. The fraction of sp³-hybridized carbons (Fsp3) is 0.190. The van der Waals surface area contributed by atoms with Crippen molar-refractivity contribution in [2.45, 2.75) is 13.5 Å². The van der Waals surface area contributed by atoms with Crippen molar-refractivity contribution >= 4 is 23.1 Å². The maximum absolute atomic E-state index is 13.5. The lowest BCUT2D eigenvalue weighted by Crippen LogP contribution is -2.16. The highest BCUT2D eigenvalue weighted by atomic mass is 32.1. The van der Waals surface area contributed by atoms with Crippen molar-refractivity contribution < 1.29 is 28.2 Å². The summed E-state index contributed by atoms with van der Waals surface area (Å²) in [5, 5.41) is 2.80. The fourth-order valence-corrected chi connectivity index (χ4v) is 3.17. The third-order valence-corrected chi connectivity index (χ3v) is 4.77. The number of esters is 1. The van der Waals surface area contributed by atoms with Crippen LogP contribution >= 0.6 is 11.3 Å². The van der Waals surface area contributed by atoms with E-state index in [-0.39, 0.29) is 23.5 Å². The molecular formula is C21H18FNO5S. The minimum absolute atomic E-state index is 0.00346. The average Bonchev–Trinajstić information content (AvgIpc) is 3.15. The largest absolute Gasteiger partial charge is 0.496 e. The number of aryl methyl sites for hydroxylation is 1. The molecule has 1 aromatic heterocycles. The highest BCUT2D eigenvalue weighted by molar-refractivity contribution is 7.09. The second-order valence-corrected chi connectivity index (χ2v) is 7.05. The number of ether oxygens (including phenoxy) is 3. The van der Waals surface area contributed by atoms with Gasteiger partial charge in [0, 0.05) is 5.38 Å². The van der Waals surface area contributed by atoms with E-state index in [1.807, 2.05) is 12.3 Å². The Balaban J connectivity index is 1.66. The van der Waals surface area contributed by atoms with E-state index < -0.39 is 24.2 Å². The zero-order chi connectivity index (χ0) is 20.8. The summed E-state index contributed by atoms with van der Waals surface area (Å²) >= 11 is 1.51. The van der Waals surface area contributed by atoms with Gasteiger partial charge >= 0.3 is 5.97 Å². The molecule has 29 heavy (non-hydrogen) atoms. The van der Waals surface area contributed by atoms with Crippen molar-refractivity contribution in [3.63, 3.8) is 0 Å². The molecule has 0 radical (unpaired) electrons. The van der Waals surface area contributed by atoms with Crippen LogP contribution in [0.25, 0.3) is 0 Å². The number of Topliss-reactive ketones (excluding diaryl/α,β-unsaturated/α-hetero) is 1. The third-order valence-electron chi connectivity index (χ3n) is 3.95. The number of methoxy groups -OCH3 is 1. The van der Waals surface area contributed by atoms with Crippen LogP contribution in [0.15, 0.2) is 47.8 Å². The summed E-state index contributed by atoms with van der Waals surface area (Å²) < 4.78 is 29.3. The van der Waals surface area contributed by atoms with Gasteiger partial charge in [0.2, 0.25) is 5.78 Å². The van der Waals surface area contributed by atoms with Crippen LogP contribution in [0.4, 0.5) is 4.39 Å². The molecule has 0 aliphatic heterocycles. The lowest BCUT2D eigenvalue weighted by atomic mass is 10.1. The van der Waals surface area contributed by atoms with Crippen LogP contribution in [0.2, 0.25) is 0 Å². The second kappa shape index (κ2) is 9.29. The molecule has 0 spiro atoms. The zero-order valence-corrected chi connectivity index (χ0v) is 16.6. The van der Waals surface area contributed by atoms with Gasteiger partial charge in [-0.3, -0.25) is 4.79 Å². The highest BCUT2D eigenvalue weighted by Gasteiger charge is 2.19. The number of carbonyl (C=O) groups excluding carboxylic acids is 2. The number of hydrogen-bond donors (Lipinski definition) is 0. The predicted molar refractivity (Wildman–Crippen MR) is 105 cm³/mol. The van der Waals surface area contributed by atoms with Crippen molar-refractivity contribution in [2.75, 3.05) is 13.7 Å². The quantitative estimate of drug-likeness (QED) is 0.405. The number of thiazole rings is 1. The summed E-state index contributed by atoms with van der Waals surface area (Å²) in [4.78, 5) is 29.1. The summed E-state index contributed by atoms with van der Waals surface area (Å²) in [5.74, 6) is -1.37. The van der Waals surface area contributed by atoms with E-state index in [0.29, 0.717) is 5.75 Å². The molecule has 0 unspecified atom stereocenters. The van der Waals surface area contributed by atoms with E-state index in [1.54, 1.807) is 18.2 Å². The van der Waals surface area contributed by atoms with Gasteiger partial charge in [-0.15, -0.1) is 11.3 Å². The summed E-state index contributed by atoms with van der Waals surface area (Å²) in [5.41, 5.74) is 0.936. The lowest BCUT2D eigenvalue weighted by Gasteiger charge is -2.11. The molecule has 0 atom stereocenters. The van der Waals surface area contributed by atoms with Gasteiger partial charge in [0.15, 0.2) is 6.61 Å². The first-order valence-electron chi connectivity index (χ1n) is 8.64. The van der Waals surface area contributed by atoms with Gasteiger partial charge in [0.25, 0.3) is 0 Å². The Kier molecular flexibility index (Phi) is 6.56. The standard InChI is InChI=1S/C21H18FNO5S/c1-13-23-15(12-29-13)10-27-20-6-4-3-5-16(20)21(25)28-11-18(24)17-9-14(22)7-8-19(17)26-2/h3-9,12H,10-11H2,1-2H3. The maximum Gasteiger partial charge on any atom is 0.342 e. The van der Waals surface area contributed by atoms with Crippen molar-refractivity contribution in [1.29, 1.82) is 0 Å². The third kappa shape index (κ3) is 5.17. The second-order valence-electron chi connectivity index (χ2n) is 5.99. The number of halogens is 1. The van der Waals surface area contributed by atoms with E-state index in [2.05, 4.69) is 4.98 Å². The fourth-order valence-electron chi connectivity index (χ4n) is 2.57. The summed E-state index contributed by atoms with van der Waals surface area (Å²) in [7, 11) is 1.37. The van der Waals surface area contributed by atoms with Crippen molar-refractivity contribution in [1.82, 2.24) is 4.98 Å². The van der Waals surface area contributed by atoms with E-state index in [9.17, 15) is 14.0 Å². The van der Waals surface area contributed by atoms with Crippen LogP contribution < -0.4 is 9.47 Å². The maximum atomic E-state index is 13.5. The molecule has 6 nitrogen and oxygen atoms in total. The number of hydrogen-bond acceptors (Lipinski definition) is 7. The van der Waals surface area contributed by atoms with Crippen LogP contribution in [0.1, 0.15) is 31.4 Å². The molecule has 0 bridgehead atoms. The van der Waals surface area contributed by atoms with Crippen LogP contribution in [-0.2, 0) is 11.3 Å². The average molecular weight is 415 g/mol. The van der Waals surface area contributed by atoms with Gasteiger partial charge in [-0.25, -0.2) is 14.2 Å². The number of carbonyl (C=O) groups is 2. The molecule has 0 amide bonds. The van der Waals surface area contributed by atoms with Crippen molar-refractivity contribution in [2.24, 2.45) is 0 Å². The van der Waals surface area contributed by atoms with E-state index in [4.69, 9.17) is 14.2 Å². The van der Waals surface area contributed by atoms with Gasteiger partial charge in [0.1, 0.15) is 29.5 Å². The van der Waals surface area contributed by atoms with Crippen LogP contribution in [-0.4, -0.2) is 30.5 Å². The monoisotopic (exact) mass is 415 g/mol. The molecule has 1 heterocycles. The molecule has 0 fully saturated rings. The molecule has 8 heteroatoms. The van der Waals surface area contributed by atoms with Gasteiger partial charge in [0.05, 0.1) is 23.4 Å². The molecule has 2 aromatic carbocycles. The topological polar surface area (TPSA) is 74.7 Å². The smallest absolute Gasteiger partial charge is 0.342 e. The Morgan fingerprint density at radius 2 is 1.90 bits per heavy atom. The van der Waals surface area contributed by atoms with Crippen LogP contribution in [0.5, 0.6) is 11.5 Å². The minimum Gasteiger partial charge on any atom is -0.496 e. The minimum atomic E-state index is -0.723. The predicted octanol–water partition coefficient (Wildman–Crippen LogP) is 4.22. The van der Waals surface area contributed by atoms with Crippen LogP contribution in [0, 0.1) is 12.7 Å². The lowest BCUT2D eigenvalue weighted by molar-refractivity contribution is 0.0469. The first kappa shape index (κ1) is 20.5. The van der Waals surface area contributed by atoms with Gasteiger partial charge in [-0.1, -0.05) is 12.1 Å². The molecular weight excluding hydrogens is 397 g/mol. The summed E-state index contributed by atoms with van der Waals surface area (Å²) in [6.45, 7) is 1.54. The number of para-hydroxylation sites is 1. The highest BCUT2D eigenvalue weighted by Crippen LogP contribution is 2.22. The van der Waals surface area contributed by atoms with Crippen LogP contribution in [0.3, 0.4) is 0 Å². The Morgan fingerprint density at radius 3 is 2.62 bits per heavy atom. The first-order chi connectivity index (χ1) is 14.0. The van der Waals surface area contributed by atoms with Crippen molar-refractivity contribution in [3.8, 4) is 11.5 Å². The van der Waals surface area contributed by atoms with Gasteiger partial charge in [-0.2, -0.15) is 0 Å². The molecule has 0 saturated carbocycles. The molecule has 0 aliphatic rings. The Labute approximate surface area is 170 Å². The Hall–Kier alpha value is -3.26. The Bertz CT molecular complexity index is 1030. The number of ketones is 1. The van der Waals surface area contributed by atoms with Crippen molar-refractivity contribution in [3.05, 3.63) is 75.5 Å². The van der Waals surface area contributed by atoms with Gasteiger partial charge < -0.3 is 14.2 Å². The molecule has 150 valence electrons. The zero-order valence-electron chi connectivity index (χ0n) is 15.8.